The zero-order chi connectivity index (χ0) is 12.1. The lowest BCUT2D eigenvalue weighted by molar-refractivity contribution is -0.128. The maximum atomic E-state index is 11.9. The minimum atomic E-state index is 0.247. The number of hydrogen-bond donors (Lipinski definition) is 1. The second-order valence-electron chi connectivity index (χ2n) is 4.23. The standard InChI is InChI=1S/C13H18N2OS/c1-11-2-4-12(5-3-11)17-10-13(16)15-8-6-14-7-9-15/h2-5,14H,6-10H2,1H3. The molecule has 0 radical (unpaired) electrons. The summed E-state index contributed by atoms with van der Waals surface area (Å²) in [6, 6.07) is 8.31. The third kappa shape index (κ3) is 3.75. The second-order valence-corrected chi connectivity index (χ2v) is 5.28. The molecule has 17 heavy (non-hydrogen) atoms. The summed E-state index contributed by atoms with van der Waals surface area (Å²) < 4.78 is 0. The molecule has 1 aromatic carbocycles. The van der Waals surface area contributed by atoms with Crippen molar-refractivity contribution in [2.45, 2.75) is 11.8 Å². The van der Waals surface area contributed by atoms with Gasteiger partial charge in [0, 0.05) is 31.1 Å². The summed E-state index contributed by atoms with van der Waals surface area (Å²) in [7, 11) is 0. The first-order valence-electron chi connectivity index (χ1n) is 5.94. The van der Waals surface area contributed by atoms with Crippen LogP contribution in [-0.4, -0.2) is 42.7 Å². The second kappa shape index (κ2) is 6.07. The van der Waals surface area contributed by atoms with Crippen molar-refractivity contribution in [2.75, 3.05) is 31.9 Å². The normalized spacial score (nSPS) is 15.9. The monoisotopic (exact) mass is 250 g/mol. The number of piperazine rings is 1. The molecule has 0 bridgehead atoms. The first-order valence-corrected chi connectivity index (χ1v) is 6.92. The van der Waals surface area contributed by atoms with Gasteiger partial charge in [0.25, 0.3) is 0 Å². The first-order chi connectivity index (χ1) is 8.25. The number of nitrogens with one attached hydrogen (secondary N) is 1. The Labute approximate surface area is 107 Å². The quantitative estimate of drug-likeness (QED) is 0.826. The fourth-order valence-corrected chi connectivity index (χ4v) is 2.59. The summed E-state index contributed by atoms with van der Waals surface area (Å²) in [5, 5.41) is 3.25. The van der Waals surface area contributed by atoms with Crippen LogP contribution in [0.5, 0.6) is 0 Å². The average molecular weight is 250 g/mol. The lowest BCUT2D eigenvalue weighted by Crippen LogP contribution is -2.47. The van der Waals surface area contributed by atoms with Gasteiger partial charge in [0.15, 0.2) is 0 Å². The van der Waals surface area contributed by atoms with Gasteiger partial charge in [-0.2, -0.15) is 0 Å². The Hall–Kier alpha value is -1.00. The van der Waals surface area contributed by atoms with Crippen molar-refractivity contribution in [3.05, 3.63) is 29.8 Å². The number of hydrogen-bond acceptors (Lipinski definition) is 3. The van der Waals surface area contributed by atoms with Crippen LogP contribution in [0.1, 0.15) is 5.56 Å². The Balaban J connectivity index is 1.81. The van der Waals surface area contributed by atoms with Gasteiger partial charge in [-0.1, -0.05) is 17.7 Å². The van der Waals surface area contributed by atoms with Gasteiger partial charge in [0.1, 0.15) is 0 Å². The molecule has 3 nitrogen and oxygen atoms in total. The number of aryl methyl sites for hydroxylation is 1. The maximum absolute atomic E-state index is 11.9. The largest absolute Gasteiger partial charge is 0.339 e. The third-order valence-electron chi connectivity index (χ3n) is 2.85. The number of carbonyl (C=O) groups excluding carboxylic acids is 1. The Morgan fingerprint density at radius 2 is 1.94 bits per heavy atom. The summed E-state index contributed by atoms with van der Waals surface area (Å²) in [5.41, 5.74) is 1.25. The zero-order valence-electron chi connectivity index (χ0n) is 10.1. The van der Waals surface area contributed by atoms with Crippen LogP contribution in [0.4, 0.5) is 0 Å². The Bertz CT molecular complexity index is 372. The van der Waals surface area contributed by atoms with E-state index in [1.165, 1.54) is 10.5 Å². The molecule has 1 saturated heterocycles. The molecule has 0 unspecified atom stereocenters. The van der Waals surface area contributed by atoms with Crippen molar-refractivity contribution in [1.29, 1.82) is 0 Å². The van der Waals surface area contributed by atoms with Gasteiger partial charge in [-0.25, -0.2) is 0 Å². The molecule has 2 rings (SSSR count). The van der Waals surface area contributed by atoms with E-state index in [1.54, 1.807) is 11.8 Å². The van der Waals surface area contributed by atoms with Gasteiger partial charge >= 0.3 is 0 Å². The summed E-state index contributed by atoms with van der Waals surface area (Å²) >= 11 is 1.62. The van der Waals surface area contributed by atoms with Crippen LogP contribution in [0.3, 0.4) is 0 Å². The van der Waals surface area contributed by atoms with E-state index in [4.69, 9.17) is 0 Å². The van der Waals surface area contributed by atoms with Gasteiger partial charge in [0.05, 0.1) is 5.75 Å². The highest BCUT2D eigenvalue weighted by molar-refractivity contribution is 8.00. The third-order valence-corrected chi connectivity index (χ3v) is 3.85. The molecule has 1 fully saturated rings. The van der Waals surface area contributed by atoms with E-state index in [0.29, 0.717) is 5.75 Å². The molecule has 0 spiro atoms. The first kappa shape index (κ1) is 12.5. The van der Waals surface area contributed by atoms with Crippen LogP contribution in [0.25, 0.3) is 0 Å². The van der Waals surface area contributed by atoms with Crippen LogP contribution in [-0.2, 0) is 4.79 Å². The highest BCUT2D eigenvalue weighted by atomic mass is 32.2. The molecule has 1 N–H and O–H groups in total. The average Bonchev–Trinajstić information content (AvgIpc) is 2.39. The number of amides is 1. The highest BCUT2D eigenvalue weighted by Gasteiger charge is 2.15. The van der Waals surface area contributed by atoms with E-state index in [-0.39, 0.29) is 5.91 Å². The van der Waals surface area contributed by atoms with Crippen molar-refractivity contribution < 1.29 is 4.79 Å². The van der Waals surface area contributed by atoms with Crippen LogP contribution in [0, 0.1) is 6.92 Å². The number of thioether (sulfide) groups is 1. The minimum absolute atomic E-state index is 0.247. The molecule has 0 saturated carbocycles. The van der Waals surface area contributed by atoms with Crippen LogP contribution >= 0.6 is 11.8 Å². The summed E-state index contributed by atoms with van der Waals surface area (Å²) in [6.45, 7) is 5.59. The molecule has 1 aliphatic rings. The topological polar surface area (TPSA) is 32.3 Å². The Morgan fingerprint density at radius 1 is 1.29 bits per heavy atom. The van der Waals surface area contributed by atoms with Gasteiger partial charge in [-0.05, 0) is 19.1 Å². The Kier molecular flexibility index (Phi) is 4.45. The fourth-order valence-electron chi connectivity index (χ4n) is 1.79. The smallest absolute Gasteiger partial charge is 0.233 e. The van der Waals surface area contributed by atoms with Crippen molar-refractivity contribution in [3.63, 3.8) is 0 Å². The van der Waals surface area contributed by atoms with E-state index in [9.17, 15) is 4.79 Å². The van der Waals surface area contributed by atoms with E-state index in [0.717, 1.165) is 26.2 Å². The molecule has 1 heterocycles. The predicted octanol–water partition coefficient (Wildman–Crippen LogP) is 1.52. The maximum Gasteiger partial charge on any atom is 0.233 e. The molecule has 4 heteroatoms. The van der Waals surface area contributed by atoms with Gasteiger partial charge < -0.3 is 10.2 Å². The molecule has 0 atom stereocenters. The van der Waals surface area contributed by atoms with Crippen molar-refractivity contribution in [3.8, 4) is 0 Å². The van der Waals surface area contributed by atoms with E-state index < -0.39 is 0 Å². The fraction of sp³-hybridized carbons (Fsp3) is 0.462. The van der Waals surface area contributed by atoms with Crippen LogP contribution < -0.4 is 5.32 Å². The summed E-state index contributed by atoms with van der Waals surface area (Å²) in [4.78, 5) is 15.0. The summed E-state index contributed by atoms with van der Waals surface area (Å²) in [6.07, 6.45) is 0. The molecule has 1 aliphatic heterocycles. The number of carbonyl (C=O) groups is 1. The minimum Gasteiger partial charge on any atom is -0.339 e. The number of nitrogens with zero attached hydrogens (tertiary/aromatic N) is 1. The van der Waals surface area contributed by atoms with E-state index >= 15 is 0 Å². The molecule has 0 aromatic heterocycles. The highest BCUT2D eigenvalue weighted by Crippen LogP contribution is 2.18. The van der Waals surface area contributed by atoms with Crippen molar-refractivity contribution >= 4 is 17.7 Å². The summed E-state index contributed by atoms with van der Waals surface area (Å²) in [5.74, 6) is 0.792. The number of benzene rings is 1. The SMILES string of the molecule is Cc1ccc(SCC(=O)N2CCNCC2)cc1. The van der Waals surface area contributed by atoms with Crippen molar-refractivity contribution in [2.24, 2.45) is 0 Å². The van der Waals surface area contributed by atoms with Gasteiger partial charge in [0.2, 0.25) is 5.91 Å². The number of rotatable bonds is 3. The van der Waals surface area contributed by atoms with E-state index in [2.05, 4.69) is 36.5 Å². The lowest BCUT2D eigenvalue weighted by atomic mass is 10.2. The molecular formula is C13H18N2OS. The molecule has 1 aromatic rings. The van der Waals surface area contributed by atoms with Gasteiger partial charge in [-0.15, -0.1) is 11.8 Å². The van der Waals surface area contributed by atoms with Crippen molar-refractivity contribution in [1.82, 2.24) is 10.2 Å². The van der Waals surface area contributed by atoms with Crippen LogP contribution in [0.15, 0.2) is 29.2 Å². The lowest BCUT2D eigenvalue weighted by Gasteiger charge is -2.27. The molecule has 1 amide bonds. The molecular weight excluding hydrogens is 232 g/mol. The van der Waals surface area contributed by atoms with Crippen LogP contribution in [0.2, 0.25) is 0 Å². The molecule has 0 aliphatic carbocycles. The van der Waals surface area contributed by atoms with E-state index in [1.807, 2.05) is 4.90 Å². The molecule has 92 valence electrons. The predicted molar refractivity (Wildman–Crippen MR) is 71.4 cm³/mol. The zero-order valence-corrected chi connectivity index (χ0v) is 10.9. The Morgan fingerprint density at radius 3 is 2.59 bits per heavy atom. The van der Waals surface area contributed by atoms with Gasteiger partial charge in [-0.3, -0.25) is 4.79 Å².